The Bertz CT molecular complexity index is 889. The van der Waals surface area contributed by atoms with Gasteiger partial charge in [-0.1, -0.05) is 41.6 Å². The summed E-state index contributed by atoms with van der Waals surface area (Å²) in [6.07, 6.45) is -3.74. The Morgan fingerprint density at radius 1 is 1.19 bits per heavy atom. The van der Waals surface area contributed by atoms with E-state index in [1.54, 1.807) is 11.8 Å². The molecule has 0 spiro atoms. The largest absolute Gasteiger partial charge is 0.471 e. The maximum absolute atomic E-state index is 12.8. The molecule has 2 atom stereocenters. The van der Waals surface area contributed by atoms with Gasteiger partial charge < -0.3 is 10.2 Å². The zero-order chi connectivity index (χ0) is 19.2. The predicted molar refractivity (Wildman–Crippen MR) is 99.3 cm³/mol. The van der Waals surface area contributed by atoms with Crippen molar-refractivity contribution in [2.45, 2.75) is 40.9 Å². The van der Waals surface area contributed by atoms with Gasteiger partial charge in [0.1, 0.15) is 0 Å². The molecule has 4 rings (SSSR count). The fraction of sp³-hybridized carbons (Fsp3) is 0.316. The number of halogens is 4. The van der Waals surface area contributed by atoms with Gasteiger partial charge in [-0.25, -0.2) is 0 Å². The fourth-order valence-electron chi connectivity index (χ4n) is 3.79. The highest BCUT2D eigenvalue weighted by Gasteiger charge is 2.44. The number of nitrogens with zero attached hydrogens (tertiary/aromatic N) is 1. The lowest BCUT2D eigenvalue weighted by atomic mass is 9.89. The van der Waals surface area contributed by atoms with Gasteiger partial charge in [0.25, 0.3) is 0 Å². The summed E-state index contributed by atoms with van der Waals surface area (Å²) in [5.41, 5.74) is 1.81. The Hall–Kier alpha value is -1.86. The van der Waals surface area contributed by atoms with E-state index in [0.29, 0.717) is 24.4 Å². The van der Waals surface area contributed by atoms with Crippen LogP contribution in [0.15, 0.2) is 52.3 Å². The molecule has 27 heavy (non-hydrogen) atoms. The second kappa shape index (κ2) is 6.95. The molecule has 142 valence electrons. The minimum Gasteiger partial charge on any atom is -0.361 e. The van der Waals surface area contributed by atoms with Crippen LogP contribution < -0.4 is 10.2 Å². The van der Waals surface area contributed by atoms with Crippen LogP contribution in [0, 0.1) is 0 Å². The Morgan fingerprint density at radius 3 is 2.74 bits per heavy atom. The van der Waals surface area contributed by atoms with Gasteiger partial charge in [-0.15, -0.1) is 0 Å². The highest BCUT2D eigenvalue weighted by Crippen LogP contribution is 2.49. The molecule has 0 bridgehead atoms. The van der Waals surface area contributed by atoms with E-state index in [-0.39, 0.29) is 6.04 Å². The van der Waals surface area contributed by atoms with E-state index in [9.17, 15) is 18.0 Å². The Kier molecular flexibility index (Phi) is 4.76. The van der Waals surface area contributed by atoms with Crippen molar-refractivity contribution < 1.29 is 18.0 Å². The fourth-order valence-corrected chi connectivity index (χ4v) is 5.06. The van der Waals surface area contributed by atoms with Crippen molar-refractivity contribution in [3.63, 3.8) is 0 Å². The van der Waals surface area contributed by atoms with E-state index in [1.807, 2.05) is 42.5 Å². The molecule has 2 aliphatic heterocycles. The number of fused-ring (bicyclic) bond motifs is 5. The van der Waals surface area contributed by atoms with Crippen molar-refractivity contribution in [1.82, 2.24) is 5.32 Å². The lowest BCUT2D eigenvalue weighted by Crippen LogP contribution is -2.53. The van der Waals surface area contributed by atoms with Crippen LogP contribution in [-0.2, 0) is 4.79 Å². The van der Waals surface area contributed by atoms with E-state index >= 15 is 0 Å². The normalized spacial score (nSPS) is 21.6. The molecule has 0 aromatic heterocycles. The van der Waals surface area contributed by atoms with Crippen molar-refractivity contribution in [3.05, 3.63) is 53.1 Å². The molecule has 1 fully saturated rings. The van der Waals surface area contributed by atoms with Crippen LogP contribution in [0.2, 0.25) is 5.02 Å². The van der Waals surface area contributed by atoms with Gasteiger partial charge in [0.2, 0.25) is 0 Å². The van der Waals surface area contributed by atoms with Crippen LogP contribution in [0.4, 0.5) is 18.9 Å². The van der Waals surface area contributed by atoms with Crippen LogP contribution in [0.1, 0.15) is 24.4 Å². The van der Waals surface area contributed by atoms with Crippen molar-refractivity contribution >= 4 is 35.0 Å². The van der Waals surface area contributed by atoms with Gasteiger partial charge in [0.05, 0.1) is 17.8 Å². The number of benzene rings is 2. The SMILES string of the molecule is O=C(N[C@H]1CCCN2c3cc(Cl)ccc3Sc3ccccc3[C@H]12)C(F)(F)F. The summed E-state index contributed by atoms with van der Waals surface area (Å²) in [4.78, 5) is 15.7. The monoisotopic (exact) mass is 412 g/mol. The number of carbonyl (C=O) groups is 1. The summed E-state index contributed by atoms with van der Waals surface area (Å²) in [7, 11) is 0. The second-order valence-electron chi connectivity index (χ2n) is 6.61. The number of rotatable bonds is 1. The highest BCUT2D eigenvalue weighted by atomic mass is 35.5. The van der Waals surface area contributed by atoms with E-state index < -0.39 is 18.1 Å². The highest BCUT2D eigenvalue weighted by molar-refractivity contribution is 7.99. The van der Waals surface area contributed by atoms with Crippen molar-refractivity contribution in [1.29, 1.82) is 0 Å². The van der Waals surface area contributed by atoms with Gasteiger partial charge in [-0.3, -0.25) is 4.79 Å². The number of carbonyl (C=O) groups excluding carboxylic acids is 1. The quantitative estimate of drug-likeness (QED) is 0.699. The molecule has 0 unspecified atom stereocenters. The number of piperidine rings is 1. The van der Waals surface area contributed by atoms with Crippen LogP contribution in [0.25, 0.3) is 0 Å². The molecule has 2 aliphatic rings. The molecule has 8 heteroatoms. The van der Waals surface area contributed by atoms with E-state index in [2.05, 4.69) is 10.2 Å². The predicted octanol–water partition coefficient (Wildman–Crippen LogP) is 5.19. The number of alkyl halides is 3. The third kappa shape index (κ3) is 3.50. The zero-order valence-electron chi connectivity index (χ0n) is 14.1. The summed E-state index contributed by atoms with van der Waals surface area (Å²) >= 11 is 7.77. The molecule has 0 aliphatic carbocycles. The number of hydrogen-bond acceptors (Lipinski definition) is 3. The molecule has 2 aromatic carbocycles. The van der Waals surface area contributed by atoms with E-state index in [0.717, 1.165) is 21.0 Å². The number of amides is 1. The molecule has 0 radical (unpaired) electrons. The van der Waals surface area contributed by atoms with Gasteiger partial charge in [-0.05, 0) is 42.7 Å². The Labute approximate surface area is 163 Å². The first-order valence-corrected chi connectivity index (χ1v) is 9.75. The first-order valence-electron chi connectivity index (χ1n) is 8.55. The molecule has 1 N–H and O–H groups in total. The molecule has 1 saturated heterocycles. The Balaban J connectivity index is 1.81. The molecule has 2 heterocycles. The second-order valence-corrected chi connectivity index (χ2v) is 8.13. The number of anilines is 1. The smallest absolute Gasteiger partial charge is 0.361 e. The molecule has 0 saturated carbocycles. The van der Waals surface area contributed by atoms with Crippen molar-refractivity contribution in [2.75, 3.05) is 11.4 Å². The molecular formula is C19H16ClF3N2OS. The van der Waals surface area contributed by atoms with Crippen LogP contribution in [0.3, 0.4) is 0 Å². The lowest BCUT2D eigenvalue weighted by molar-refractivity contribution is -0.174. The number of nitrogens with one attached hydrogen (secondary N) is 1. The van der Waals surface area contributed by atoms with Crippen LogP contribution in [-0.4, -0.2) is 24.7 Å². The van der Waals surface area contributed by atoms with Crippen LogP contribution in [0.5, 0.6) is 0 Å². The first-order chi connectivity index (χ1) is 12.8. The summed E-state index contributed by atoms with van der Waals surface area (Å²) in [5, 5.41) is 2.79. The Morgan fingerprint density at radius 2 is 1.96 bits per heavy atom. The van der Waals surface area contributed by atoms with Crippen molar-refractivity contribution in [2.24, 2.45) is 0 Å². The standard InChI is InChI=1S/C19H16ClF3N2OS/c20-11-7-8-16-14(10-11)25-9-3-5-13(24-18(26)19(21,22)23)17(25)12-4-1-2-6-15(12)27-16/h1-2,4,6-8,10,13,17H,3,5,9H2,(H,24,26)/t13-,17+/m0/s1. The zero-order valence-corrected chi connectivity index (χ0v) is 15.7. The van der Waals surface area contributed by atoms with E-state index in [1.165, 1.54) is 0 Å². The van der Waals surface area contributed by atoms with E-state index in [4.69, 9.17) is 11.6 Å². The molecule has 1 amide bonds. The average Bonchev–Trinajstić information content (AvgIpc) is 2.76. The van der Waals surface area contributed by atoms with Crippen molar-refractivity contribution in [3.8, 4) is 0 Å². The summed E-state index contributed by atoms with van der Waals surface area (Å²) < 4.78 is 38.5. The van der Waals surface area contributed by atoms with Gasteiger partial charge in [-0.2, -0.15) is 13.2 Å². The van der Waals surface area contributed by atoms with Gasteiger partial charge >= 0.3 is 12.1 Å². The molecular weight excluding hydrogens is 397 g/mol. The maximum Gasteiger partial charge on any atom is 0.471 e. The minimum absolute atomic E-state index is 0.381. The lowest BCUT2D eigenvalue weighted by Gasteiger charge is -2.43. The molecule has 3 nitrogen and oxygen atoms in total. The summed E-state index contributed by atoms with van der Waals surface area (Å²) in [6, 6.07) is 12.2. The first kappa shape index (κ1) is 18.5. The summed E-state index contributed by atoms with van der Waals surface area (Å²) in [5.74, 6) is -1.89. The minimum atomic E-state index is -4.90. The summed E-state index contributed by atoms with van der Waals surface area (Å²) in [6.45, 7) is 0.686. The van der Waals surface area contributed by atoms with Gasteiger partial charge in [0.15, 0.2) is 0 Å². The maximum atomic E-state index is 12.8. The topological polar surface area (TPSA) is 32.3 Å². The third-order valence-corrected chi connectivity index (χ3v) is 6.28. The molecule has 2 aromatic rings. The van der Waals surface area contributed by atoms with Crippen LogP contribution >= 0.6 is 23.4 Å². The average molecular weight is 413 g/mol. The number of hydrogen-bond donors (Lipinski definition) is 1. The third-order valence-electron chi connectivity index (χ3n) is 4.89. The van der Waals surface area contributed by atoms with Gasteiger partial charge in [0, 0.05) is 21.4 Å².